The Balaban J connectivity index is 1.96. The highest BCUT2D eigenvalue weighted by Crippen LogP contribution is 2.41. The quantitative estimate of drug-likeness (QED) is 0.725. The van der Waals surface area contributed by atoms with Crippen LogP contribution in [0.25, 0.3) is 0 Å². The molecule has 1 aromatic carbocycles. The maximum Gasteiger partial charge on any atom is 0.417 e. The number of hydrogen-bond acceptors (Lipinski definition) is 3. The zero-order valence-corrected chi connectivity index (χ0v) is 15.8. The number of amides is 1. The maximum atomic E-state index is 13.5. The van der Waals surface area contributed by atoms with Crippen LogP contribution >= 0.6 is 0 Å². The number of carbonyl (C=O) groups is 1. The molecule has 1 saturated carbocycles. The number of benzene rings is 1. The molecule has 2 atom stereocenters. The van der Waals surface area contributed by atoms with Gasteiger partial charge in [-0.1, -0.05) is 12.8 Å². The van der Waals surface area contributed by atoms with Gasteiger partial charge in [-0.25, -0.2) is 0 Å². The fourth-order valence-electron chi connectivity index (χ4n) is 4.03. The molecule has 0 spiro atoms. The van der Waals surface area contributed by atoms with Crippen molar-refractivity contribution in [2.24, 2.45) is 0 Å². The number of nitrogens with one attached hydrogen (secondary N) is 1. The molecule has 1 heterocycles. The molecule has 0 aromatic heterocycles. The van der Waals surface area contributed by atoms with E-state index in [4.69, 9.17) is 4.74 Å². The summed E-state index contributed by atoms with van der Waals surface area (Å²) in [5, 5.41) is 2.64. The van der Waals surface area contributed by atoms with Crippen molar-refractivity contribution in [3.63, 3.8) is 0 Å². The second kappa shape index (κ2) is 8.04. The highest BCUT2D eigenvalue weighted by Gasteiger charge is 2.42. The van der Waals surface area contributed by atoms with E-state index in [1.807, 2.05) is 0 Å². The van der Waals surface area contributed by atoms with Gasteiger partial charge in [-0.3, -0.25) is 9.69 Å². The van der Waals surface area contributed by atoms with Crippen LogP contribution < -0.4 is 10.1 Å². The molecule has 4 nitrogen and oxygen atoms in total. The van der Waals surface area contributed by atoms with Gasteiger partial charge in [0.1, 0.15) is 5.75 Å². The molecule has 0 bridgehead atoms. The standard InChI is InChI=1S/C19H22F6N2O2/c1-29-15-10-11(18(20,21)22)9-12(19(23,24)25)16(15)17(28)26-13-5-2-3-6-14(13)27-7-4-8-27/h9-10,13-14H,2-8H2,1H3,(H,26,28)/t13-,14+/m1/s1. The van der Waals surface area contributed by atoms with Gasteiger partial charge in [0.05, 0.1) is 23.8 Å². The zero-order chi connectivity index (χ0) is 21.4. The number of carbonyl (C=O) groups excluding carboxylic acids is 1. The van der Waals surface area contributed by atoms with Crippen molar-refractivity contribution in [2.75, 3.05) is 20.2 Å². The van der Waals surface area contributed by atoms with Crippen LogP contribution in [-0.2, 0) is 12.4 Å². The van der Waals surface area contributed by atoms with Crippen molar-refractivity contribution >= 4 is 5.91 Å². The molecule has 1 N–H and O–H groups in total. The summed E-state index contributed by atoms with van der Waals surface area (Å²) in [6.45, 7) is 1.74. The van der Waals surface area contributed by atoms with E-state index >= 15 is 0 Å². The summed E-state index contributed by atoms with van der Waals surface area (Å²) in [5.41, 5.74) is -4.09. The van der Waals surface area contributed by atoms with E-state index in [0.29, 0.717) is 12.5 Å². The largest absolute Gasteiger partial charge is 0.496 e. The van der Waals surface area contributed by atoms with Crippen LogP contribution in [-0.4, -0.2) is 43.1 Å². The first-order valence-electron chi connectivity index (χ1n) is 9.43. The Bertz CT molecular complexity index is 758. The Morgan fingerprint density at radius 1 is 1.03 bits per heavy atom. The van der Waals surface area contributed by atoms with Crippen LogP contribution in [0, 0.1) is 0 Å². The van der Waals surface area contributed by atoms with E-state index in [1.165, 1.54) is 0 Å². The minimum Gasteiger partial charge on any atom is -0.496 e. The van der Waals surface area contributed by atoms with Gasteiger partial charge < -0.3 is 10.1 Å². The zero-order valence-electron chi connectivity index (χ0n) is 15.8. The van der Waals surface area contributed by atoms with Crippen LogP contribution in [0.2, 0.25) is 0 Å². The molecule has 3 rings (SSSR count). The van der Waals surface area contributed by atoms with E-state index in [1.54, 1.807) is 0 Å². The number of alkyl halides is 6. The van der Waals surface area contributed by atoms with Gasteiger partial charge in [-0.15, -0.1) is 0 Å². The Morgan fingerprint density at radius 3 is 2.21 bits per heavy atom. The first-order chi connectivity index (χ1) is 13.5. The fraction of sp³-hybridized carbons (Fsp3) is 0.632. The van der Waals surface area contributed by atoms with Crippen LogP contribution in [0.1, 0.15) is 53.6 Å². The topological polar surface area (TPSA) is 41.6 Å². The Labute approximate surface area is 164 Å². The molecular weight excluding hydrogens is 402 g/mol. The molecule has 1 aromatic rings. The molecule has 29 heavy (non-hydrogen) atoms. The Kier molecular flexibility index (Phi) is 6.03. The summed E-state index contributed by atoms with van der Waals surface area (Å²) in [6.07, 6.45) is -5.91. The number of ether oxygens (including phenoxy) is 1. The van der Waals surface area contributed by atoms with Crippen LogP contribution in [0.5, 0.6) is 5.75 Å². The van der Waals surface area contributed by atoms with Crippen LogP contribution in [0.15, 0.2) is 12.1 Å². The molecule has 10 heteroatoms. The van der Waals surface area contributed by atoms with Crippen LogP contribution in [0.4, 0.5) is 26.3 Å². The number of methoxy groups -OCH3 is 1. The summed E-state index contributed by atoms with van der Waals surface area (Å²) < 4.78 is 84.5. The highest BCUT2D eigenvalue weighted by molar-refractivity contribution is 5.99. The van der Waals surface area contributed by atoms with Gasteiger partial charge in [0, 0.05) is 12.1 Å². The van der Waals surface area contributed by atoms with Gasteiger partial charge in [-0.05, 0) is 44.5 Å². The van der Waals surface area contributed by atoms with Gasteiger partial charge in [0.2, 0.25) is 0 Å². The predicted molar refractivity (Wildman–Crippen MR) is 92.7 cm³/mol. The van der Waals surface area contributed by atoms with Crippen molar-refractivity contribution in [2.45, 2.75) is 56.5 Å². The van der Waals surface area contributed by atoms with Crippen molar-refractivity contribution in [3.05, 3.63) is 28.8 Å². The molecule has 1 aliphatic heterocycles. The number of hydrogen-bond donors (Lipinski definition) is 1. The van der Waals surface area contributed by atoms with Crippen molar-refractivity contribution in [3.8, 4) is 5.75 Å². The van der Waals surface area contributed by atoms with Gasteiger partial charge in [0.25, 0.3) is 5.91 Å². The monoisotopic (exact) mass is 424 g/mol. The molecule has 1 saturated heterocycles. The summed E-state index contributed by atoms with van der Waals surface area (Å²) in [7, 11) is 0.940. The second-order valence-corrected chi connectivity index (χ2v) is 7.42. The molecule has 2 fully saturated rings. The fourth-order valence-corrected chi connectivity index (χ4v) is 4.03. The normalized spacial score (nSPS) is 23.4. The molecule has 0 radical (unpaired) electrons. The molecule has 2 aliphatic rings. The van der Waals surface area contributed by atoms with E-state index in [0.717, 1.165) is 45.9 Å². The Morgan fingerprint density at radius 2 is 1.69 bits per heavy atom. The molecule has 1 amide bonds. The third-order valence-corrected chi connectivity index (χ3v) is 5.59. The number of likely N-dealkylation sites (tertiary alicyclic amines) is 1. The minimum atomic E-state index is -5.15. The third kappa shape index (κ3) is 4.62. The van der Waals surface area contributed by atoms with Gasteiger partial charge >= 0.3 is 12.4 Å². The van der Waals surface area contributed by atoms with Gasteiger partial charge in [-0.2, -0.15) is 26.3 Å². The first-order valence-corrected chi connectivity index (χ1v) is 9.43. The average Bonchev–Trinajstić information content (AvgIpc) is 2.59. The third-order valence-electron chi connectivity index (χ3n) is 5.59. The maximum absolute atomic E-state index is 13.5. The first kappa shape index (κ1) is 21.7. The highest BCUT2D eigenvalue weighted by atomic mass is 19.4. The number of rotatable bonds is 4. The van der Waals surface area contributed by atoms with E-state index in [2.05, 4.69) is 10.2 Å². The molecular formula is C19H22F6N2O2. The van der Waals surface area contributed by atoms with Crippen molar-refractivity contribution < 1.29 is 35.9 Å². The summed E-state index contributed by atoms with van der Waals surface area (Å²) in [6, 6.07) is 0.0595. The van der Waals surface area contributed by atoms with E-state index in [9.17, 15) is 31.1 Å². The average molecular weight is 424 g/mol. The van der Waals surface area contributed by atoms with E-state index in [-0.39, 0.29) is 18.2 Å². The van der Waals surface area contributed by atoms with Crippen LogP contribution in [0.3, 0.4) is 0 Å². The van der Waals surface area contributed by atoms with Gasteiger partial charge in [0.15, 0.2) is 0 Å². The lowest BCUT2D eigenvalue weighted by molar-refractivity contribution is -0.143. The molecule has 162 valence electrons. The SMILES string of the molecule is COc1cc(C(F)(F)F)cc(C(F)(F)F)c1C(=O)N[C@@H]1CCCC[C@@H]1N1CCC1. The van der Waals surface area contributed by atoms with Crippen molar-refractivity contribution in [1.82, 2.24) is 10.2 Å². The predicted octanol–water partition coefficient (Wildman–Crippen LogP) is 4.48. The second-order valence-electron chi connectivity index (χ2n) is 7.42. The lowest BCUT2D eigenvalue weighted by Crippen LogP contribution is -2.57. The molecule has 0 unspecified atom stereocenters. The lowest BCUT2D eigenvalue weighted by Gasteiger charge is -2.44. The Hall–Kier alpha value is -1.97. The lowest BCUT2D eigenvalue weighted by atomic mass is 9.87. The smallest absolute Gasteiger partial charge is 0.417 e. The minimum absolute atomic E-state index is 0.0243. The number of halogens is 6. The summed E-state index contributed by atoms with van der Waals surface area (Å²) in [5.74, 6) is -1.82. The van der Waals surface area contributed by atoms with E-state index < -0.39 is 40.7 Å². The number of nitrogens with zero attached hydrogens (tertiary/aromatic N) is 1. The molecule has 1 aliphatic carbocycles. The summed E-state index contributed by atoms with van der Waals surface area (Å²) in [4.78, 5) is 15.0. The van der Waals surface area contributed by atoms with Crippen molar-refractivity contribution in [1.29, 1.82) is 0 Å². The summed E-state index contributed by atoms with van der Waals surface area (Å²) >= 11 is 0.